The molecule has 25 heavy (non-hydrogen) atoms. The summed E-state index contributed by atoms with van der Waals surface area (Å²) in [5.41, 5.74) is 0.977. The second kappa shape index (κ2) is 6.86. The zero-order chi connectivity index (χ0) is 18.3. The fraction of sp³-hybridized carbons (Fsp3) is 0.412. The molecular weight excluding hydrogens is 360 g/mol. The number of aryl methyl sites for hydroxylation is 1. The summed E-state index contributed by atoms with van der Waals surface area (Å²) in [4.78, 5) is 25.9. The number of thiocarbonyl (C=S) groups is 1. The molecule has 0 spiro atoms. The van der Waals surface area contributed by atoms with Gasteiger partial charge < -0.3 is 15.1 Å². The van der Waals surface area contributed by atoms with Crippen LogP contribution in [0.3, 0.4) is 0 Å². The molecule has 2 N–H and O–H groups in total. The Hall–Kier alpha value is -1.77. The highest BCUT2D eigenvalue weighted by Gasteiger charge is 2.57. The first-order valence-electron chi connectivity index (χ1n) is 7.91. The number of aliphatic carboxylic acids is 1. The SMILES string of the molecule is C[C@@H](O)[C@H]1C(=O)N2C(C(=O)O)=C(SC(C=S)c3cccc[n+]3C)C[C@H]12. The third kappa shape index (κ3) is 2.98. The Balaban J connectivity index is 1.91. The van der Waals surface area contributed by atoms with Gasteiger partial charge in [-0.05, 0) is 6.92 Å². The fourth-order valence-electron chi connectivity index (χ4n) is 3.48. The summed E-state index contributed by atoms with van der Waals surface area (Å²) in [5, 5.41) is 20.8. The van der Waals surface area contributed by atoms with Crippen LogP contribution in [0.4, 0.5) is 0 Å². The summed E-state index contributed by atoms with van der Waals surface area (Å²) in [7, 11) is 1.91. The molecule has 0 radical (unpaired) electrons. The van der Waals surface area contributed by atoms with Crippen LogP contribution in [0.15, 0.2) is 35.0 Å². The maximum absolute atomic E-state index is 12.3. The number of carbonyl (C=O) groups excluding carboxylic acids is 1. The Labute approximate surface area is 155 Å². The number of amides is 1. The fourth-order valence-corrected chi connectivity index (χ4v) is 5.08. The zero-order valence-corrected chi connectivity index (χ0v) is 15.5. The van der Waals surface area contributed by atoms with Crippen molar-refractivity contribution in [3.63, 3.8) is 0 Å². The lowest BCUT2D eigenvalue weighted by molar-refractivity contribution is -0.678. The van der Waals surface area contributed by atoms with E-state index < -0.39 is 18.0 Å². The van der Waals surface area contributed by atoms with E-state index >= 15 is 0 Å². The number of aromatic nitrogens is 1. The summed E-state index contributed by atoms with van der Waals surface area (Å²) in [6.45, 7) is 1.56. The van der Waals surface area contributed by atoms with Gasteiger partial charge in [-0.25, -0.2) is 9.36 Å². The number of pyridine rings is 1. The zero-order valence-electron chi connectivity index (χ0n) is 13.8. The highest BCUT2D eigenvalue weighted by molar-refractivity contribution is 8.04. The van der Waals surface area contributed by atoms with Crippen molar-refractivity contribution < 1.29 is 24.4 Å². The Kier molecular flexibility index (Phi) is 4.95. The minimum Gasteiger partial charge on any atom is -0.477 e. The number of aliphatic hydroxyl groups is 1. The predicted molar refractivity (Wildman–Crippen MR) is 96.7 cm³/mol. The number of β-lactam (4-membered cyclic amide) rings is 1. The van der Waals surface area contributed by atoms with Crippen molar-refractivity contribution in [2.45, 2.75) is 30.7 Å². The minimum absolute atomic E-state index is 0.0253. The molecule has 3 rings (SSSR count). The second-order valence-corrected chi connectivity index (χ2v) is 7.74. The molecule has 2 aliphatic heterocycles. The van der Waals surface area contributed by atoms with Crippen molar-refractivity contribution in [1.82, 2.24) is 4.90 Å². The highest BCUT2D eigenvalue weighted by atomic mass is 32.2. The minimum atomic E-state index is -1.12. The van der Waals surface area contributed by atoms with Crippen LogP contribution >= 0.6 is 24.0 Å². The summed E-state index contributed by atoms with van der Waals surface area (Å²) in [6.07, 6.45) is 1.55. The van der Waals surface area contributed by atoms with Crippen molar-refractivity contribution in [1.29, 1.82) is 0 Å². The first kappa shape index (κ1) is 18.0. The van der Waals surface area contributed by atoms with Gasteiger partial charge in [0.1, 0.15) is 18.0 Å². The smallest absolute Gasteiger partial charge is 0.353 e. The van der Waals surface area contributed by atoms with Gasteiger partial charge in [0.2, 0.25) is 5.91 Å². The molecule has 0 saturated carbocycles. The average molecular weight is 379 g/mol. The maximum atomic E-state index is 12.3. The number of carbonyl (C=O) groups is 2. The first-order valence-corrected chi connectivity index (χ1v) is 9.26. The van der Waals surface area contributed by atoms with Gasteiger partial charge in [-0.2, -0.15) is 0 Å². The van der Waals surface area contributed by atoms with E-state index in [0.29, 0.717) is 11.3 Å². The average Bonchev–Trinajstić information content (AvgIpc) is 2.87. The van der Waals surface area contributed by atoms with Gasteiger partial charge in [-0.15, -0.1) is 11.8 Å². The van der Waals surface area contributed by atoms with Crippen LogP contribution in [0.25, 0.3) is 0 Å². The number of rotatable bonds is 6. The molecule has 2 aliphatic rings. The number of thioether (sulfide) groups is 1. The van der Waals surface area contributed by atoms with Crippen molar-refractivity contribution >= 4 is 41.2 Å². The van der Waals surface area contributed by atoms with Gasteiger partial charge in [0.25, 0.3) is 0 Å². The van der Waals surface area contributed by atoms with E-state index in [-0.39, 0.29) is 22.9 Å². The van der Waals surface area contributed by atoms with Gasteiger partial charge in [0, 0.05) is 28.8 Å². The van der Waals surface area contributed by atoms with Crippen molar-refractivity contribution in [2.75, 3.05) is 0 Å². The van der Waals surface area contributed by atoms with Crippen LogP contribution < -0.4 is 4.57 Å². The summed E-state index contributed by atoms with van der Waals surface area (Å²) in [6, 6.07) is 5.47. The van der Waals surface area contributed by atoms with Crippen LogP contribution in [0.5, 0.6) is 0 Å². The largest absolute Gasteiger partial charge is 0.477 e. The van der Waals surface area contributed by atoms with E-state index in [1.807, 2.05) is 36.0 Å². The molecule has 1 amide bonds. The number of hydrogen-bond donors (Lipinski definition) is 2. The molecule has 1 unspecified atom stereocenters. The highest BCUT2D eigenvalue weighted by Crippen LogP contribution is 2.49. The molecule has 1 saturated heterocycles. The standard InChI is InChI=1S/C17H18N2O4S2/c1-9(20)14-11-7-12(15(17(22)23)19(11)16(14)21)25-13(8-24)10-5-3-4-6-18(10)2/h3-6,8-9,11,13-14,20H,7H2,1-2H3/p+1/t9-,11-,13?,14-/m1/s1. The Morgan fingerprint density at radius 1 is 1.52 bits per heavy atom. The molecule has 1 aromatic heterocycles. The molecule has 0 aliphatic carbocycles. The lowest BCUT2D eigenvalue weighted by Crippen LogP contribution is -2.61. The second-order valence-electron chi connectivity index (χ2n) is 6.23. The summed E-state index contributed by atoms with van der Waals surface area (Å²) < 4.78 is 1.94. The number of carboxylic acids is 1. The lowest BCUT2D eigenvalue weighted by atomic mass is 9.83. The first-order chi connectivity index (χ1) is 11.9. The van der Waals surface area contributed by atoms with Crippen LogP contribution in [0.2, 0.25) is 0 Å². The number of carboxylic acid groups (broad SMARTS) is 1. The van der Waals surface area contributed by atoms with Gasteiger partial charge in [-0.3, -0.25) is 4.79 Å². The summed E-state index contributed by atoms with van der Waals surface area (Å²) in [5.74, 6) is -1.98. The molecule has 132 valence electrons. The Morgan fingerprint density at radius 3 is 2.80 bits per heavy atom. The molecule has 6 nitrogen and oxygen atoms in total. The van der Waals surface area contributed by atoms with Crippen LogP contribution in [-0.2, 0) is 16.6 Å². The van der Waals surface area contributed by atoms with Crippen molar-refractivity contribution in [3.8, 4) is 0 Å². The van der Waals surface area contributed by atoms with E-state index in [4.69, 9.17) is 12.2 Å². The van der Waals surface area contributed by atoms with Gasteiger partial charge >= 0.3 is 5.97 Å². The monoisotopic (exact) mass is 379 g/mol. The van der Waals surface area contributed by atoms with Gasteiger partial charge in [0.15, 0.2) is 11.9 Å². The van der Waals surface area contributed by atoms with E-state index in [1.165, 1.54) is 16.7 Å². The maximum Gasteiger partial charge on any atom is 0.353 e. The normalized spacial score (nSPS) is 24.6. The van der Waals surface area contributed by atoms with Gasteiger partial charge in [0.05, 0.1) is 18.1 Å². The molecule has 3 heterocycles. The Bertz CT molecular complexity index is 778. The van der Waals surface area contributed by atoms with Crippen LogP contribution in [0.1, 0.15) is 24.3 Å². The van der Waals surface area contributed by atoms with Crippen LogP contribution in [-0.4, -0.2) is 44.5 Å². The number of nitrogens with zero attached hydrogens (tertiary/aromatic N) is 2. The number of fused-ring (bicyclic) bond motifs is 1. The third-order valence-corrected chi connectivity index (χ3v) is 6.39. The van der Waals surface area contributed by atoms with Crippen molar-refractivity contribution in [3.05, 3.63) is 40.7 Å². The summed E-state index contributed by atoms with van der Waals surface area (Å²) >= 11 is 6.53. The molecule has 0 bridgehead atoms. The molecule has 1 aromatic rings. The van der Waals surface area contributed by atoms with E-state index in [2.05, 4.69) is 0 Å². The lowest BCUT2D eigenvalue weighted by Gasteiger charge is -2.44. The molecular formula is C17H19N2O4S2+. The van der Waals surface area contributed by atoms with Crippen molar-refractivity contribution in [2.24, 2.45) is 13.0 Å². The number of aliphatic hydroxyl groups excluding tert-OH is 1. The molecule has 0 aromatic carbocycles. The van der Waals surface area contributed by atoms with Crippen LogP contribution in [0, 0.1) is 5.92 Å². The molecule has 4 atom stereocenters. The topological polar surface area (TPSA) is 81.7 Å². The van der Waals surface area contributed by atoms with E-state index in [1.54, 1.807) is 12.3 Å². The third-order valence-electron chi connectivity index (χ3n) is 4.67. The predicted octanol–water partition coefficient (Wildman–Crippen LogP) is 1.19. The number of hydrogen-bond acceptors (Lipinski definition) is 5. The Morgan fingerprint density at radius 2 is 2.24 bits per heavy atom. The quantitative estimate of drug-likeness (QED) is 0.439. The molecule has 1 fully saturated rings. The van der Waals surface area contributed by atoms with E-state index in [0.717, 1.165) is 5.69 Å². The van der Waals surface area contributed by atoms with E-state index in [9.17, 15) is 19.8 Å². The molecule has 8 heteroatoms. The van der Waals surface area contributed by atoms with Gasteiger partial charge in [-0.1, -0.05) is 18.3 Å².